The number of nitrogens with zero attached hydrogens (tertiary/aromatic N) is 1. The Balaban J connectivity index is 3.78. The van der Waals surface area contributed by atoms with Crippen molar-refractivity contribution in [1.29, 1.82) is 0 Å². The Hall–Kier alpha value is -0.900. The summed E-state index contributed by atoms with van der Waals surface area (Å²) in [7, 11) is 0. The molecule has 118 valence electrons. The third-order valence-corrected chi connectivity index (χ3v) is 3.63. The fraction of sp³-hybridized carbons (Fsp3) is 0.875. The van der Waals surface area contributed by atoms with Gasteiger partial charge in [-0.1, -0.05) is 6.42 Å². The van der Waals surface area contributed by atoms with E-state index in [2.05, 4.69) is 0 Å². The van der Waals surface area contributed by atoms with Gasteiger partial charge in [-0.2, -0.15) is 0 Å². The smallest absolute Gasteiger partial charge is 0.222 e. The quantitative estimate of drug-likeness (QED) is 0.579. The van der Waals surface area contributed by atoms with Gasteiger partial charge in [-0.3, -0.25) is 9.59 Å². The first kappa shape index (κ1) is 19.1. The molecule has 0 aromatic heterocycles. The largest absolute Gasteiger partial charge is 0.368 e. The number of carbonyl (C=O) groups is 2. The minimum atomic E-state index is -0.688. The number of amides is 1. The van der Waals surface area contributed by atoms with Gasteiger partial charge in [-0.05, 0) is 54.4 Å². The number of carbonyl (C=O) groups excluding carboxylic acids is 2. The lowest BCUT2D eigenvalue weighted by Crippen LogP contribution is -2.36. The number of ether oxygens (including phenoxy) is 1. The van der Waals surface area contributed by atoms with Gasteiger partial charge in [-0.25, -0.2) is 0 Å². The van der Waals surface area contributed by atoms with Crippen LogP contribution in [0.2, 0.25) is 0 Å². The third kappa shape index (κ3) is 7.04. The van der Waals surface area contributed by atoms with Crippen molar-refractivity contribution in [3.8, 4) is 0 Å². The molecule has 20 heavy (non-hydrogen) atoms. The van der Waals surface area contributed by atoms with Gasteiger partial charge < -0.3 is 9.64 Å². The summed E-state index contributed by atoms with van der Waals surface area (Å²) in [5.41, 5.74) is -0.688. The molecular formula is C16H31NO3. The van der Waals surface area contributed by atoms with Gasteiger partial charge in [0.2, 0.25) is 5.91 Å². The SMILES string of the molecule is CCN(C(=O)CCCCCOC(C)(C)C(C)=O)C(C)C. The van der Waals surface area contributed by atoms with Gasteiger partial charge in [-0.15, -0.1) is 0 Å². The summed E-state index contributed by atoms with van der Waals surface area (Å²) in [5.74, 6) is 0.274. The van der Waals surface area contributed by atoms with Crippen molar-refractivity contribution in [2.24, 2.45) is 0 Å². The van der Waals surface area contributed by atoms with E-state index in [1.807, 2.05) is 25.7 Å². The normalized spacial score (nSPS) is 11.8. The van der Waals surface area contributed by atoms with Gasteiger partial charge in [0.1, 0.15) is 5.60 Å². The molecule has 0 aromatic rings. The van der Waals surface area contributed by atoms with Crippen LogP contribution in [0, 0.1) is 0 Å². The minimum Gasteiger partial charge on any atom is -0.368 e. The van der Waals surface area contributed by atoms with E-state index in [0.29, 0.717) is 13.0 Å². The van der Waals surface area contributed by atoms with Crippen LogP contribution in [0.25, 0.3) is 0 Å². The topological polar surface area (TPSA) is 46.6 Å². The maximum atomic E-state index is 11.9. The van der Waals surface area contributed by atoms with Crippen LogP contribution in [0.4, 0.5) is 0 Å². The van der Waals surface area contributed by atoms with Crippen molar-refractivity contribution < 1.29 is 14.3 Å². The van der Waals surface area contributed by atoms with Crippen molar-refractivity contribution in [1.82, 2.24) is 4.90 Å². The molecule has 4 heteroatoms. The molecule has 0 rings (SSSR count). The molecule has 0 aliphatic heterocycles. The molecule has 4 nitrogen and oxygen atoms in total. The molecule has 0 radical (unpaired) electrons. The van der Waals surface area contributed by atoms with Crippen LogP contribution in [0.1, 0.15) is 67.2 Å². The summed E-state index contributed by atoms with van der Waals surface area (Å²) >= 11 is 0. The van der Waals surface area contributed by atoms with Crippen LogP contribution in [0.3, 0.4) is 0 Å². The second-order valence-corrected chi connectivity index (χ2v) is 6.00. The molecule has 0 N–H and O–H groups in total. The van der Waals surface area contributed by atoms with E-state index in [1.165, 1.54) is 0 Å². The fourth-order valence-corrected chi connectivity index (χ4v) is 1.96. The molecule has 1 amide bonds. The average molecular weight is 285 g/mol. The monoisotopic (exact) mass is 285 g/mol. The molecule has 0 fully saturated rings. The maximum absolute atomic E-state index is 11.9. The highest BCUT2D eigenvalue weighted by atomic mass is 16.5. The van der Waals surface area contributed by atoms with E-state index in [4.69, 9.17) is 4.74 Å². The number of rotatable bonds is 10. The highest BCUT2D eigenvalue weighted by Gasteiger charge is 2.23. The summed E-state index contributed by atoms with van der Waals surface area (Å²) in [5, 5.41) is 0. The lowest BCUT2D eigenvalue weighted by atomic mass is 10.1. The average Bonchev–Trinajstić information content (AvgIpc) is 2.33. The molecule has 0 spiro atoms. The summed E-state index contributed by atoms with van der Waals surface area (Å²) in [6.45, 7) is 12.6. The van der Waals surface area contributed by atoms with Crippen molar-refractivity contribution >= 4 is 11.7 Å². The summed E-state index contributed by atoms with van der Waals surface area (Å²) in [6.07, 6.45) is 3.32. The molecule has 0 unspecified atom stereocenters. The van der Waals surface area contributed by atoms with E-state index in [0.717, 1.165) is 25.8 Å². The van der Waals surface area contributed by atoms with Gasteiger partial charge in [0.15, 0.2) is 5.78 Å². The second kappa shape index (κ2) is 9.11. The Morgan fingerprint density at radius 1 is 1.15 bits per heavy atom. The van der Waals surface area contributed by atoms with Crippen LogP contribution < -0.4 is 0 Å². The highest BCUT2D eigenvalue weighted by Crippen LogP contribution is 2.12. The molecule has 0 saturated heterocycles. The van der Waals surface area contributed by atoms with E-state index < -0.39 is 5.60 Å². The molecule has 0 aliphatic carbocycles. The van der Waals surface area contributed by atoms with Crippen LogP contribution in [0.5, 0.6) is 0 Å². The first-order chi connectivity index (χ1) is 9.22. The highest BCUT2D eigenvalue weighted by molar-refractivity contribution is 5.83. The predicted octanol–water partition coefficient (Wildman–Crippen LogP) is 3.19. The summed E-state index contributed by atoms with van der Waals surface area (Å²) < 4.78 is 5.56. The van der Waals surface area contributed by atoms with E-state index in [1.54, 1.807) is 20.8 Å². The third-order valence-electron chi connectivity index (χ3n) is 3.63. The number of hydrogen-bond acceptors (Lipinski definition) is 3. The van der Waals surface area contributed by atoms with Gasteiger partial charge in [0.25, 0.3) is 0 Å². The van der Waals surface area contributed by atoms with Crippen LogP contribution >= 0.6 is 0 Å². The van der Waals surface area contributed by atoms with Gasteiger partial charge in [0.05, 0.1) is 0 Å². The Kier molecular flexibility index (Phi) is 8.70. The lowest BCUT2D eigenvalue weighted by molar-refractivity contribution is -0.138. The molecule has 0 heterocycles. The predicted molar refractivity (Wildman–Crippen MR) is 81.7 cm³/mol. The zero-order valence-corrected chi connectivity index (χ0v) is 14.0. The number of ketones is 1. The van der Waals surface area contributed by atoms with Crippen molar-refractivity contribution in [2.45, 2.75) is 78.9 Å². The van der Waals surface area contributed by atoms with E-state index >= 15 is 0 Å². The molecule has 0 atom stereocenters. The molecule has 0 saturated carbocycles. The molecule has 0 aliphatic rings. The van der Waals surface area contributed by atoms with E-state index in [-0.39, 0.29) is 17.7 Å². The van der Waals surface area contributed by atoms with Crippen molar-refractivity contribution in [2.75, 3.05) is 13.2 Å². The molecule has 0 bridgehead atoms. The Bertz CT molecular complexity index is 311. The fourth-order valence-electron chi connectivity index (χ4n) is 1.96. The van der Waals surface area contributed by atoms with Crippen LogP contribution in [-0.2, 0) is 14.3 Å². The van der Waals surface area contributed by atoms with Crippen LogP contribution in [0.15, 0.2) is 0 Å². The number of unbranched alkanes of at least 4 members (excludes halogenated alkanes) is 2. The zero-order valence-electron chi connectivity index (χ0n) is 14.0. The minimum absolute atomic E-state index is 0.0446. The summed E-state index contributed by atoms with van der Waals surface area (Å²) in [4.78, 5) is 25.1. The first-order valence-electron chi connectivity index (χ1n) is 7.66. The van der Waals surface area contributed by atoms with Gasteiger partial charge >= 0.3 is 0 Å². The molecule has 0 aromatic carbocycles. The Morgan fingerprint density at radius 2 is 1.75 bits per heavy atom. The number of Topliss-reactive ketones (excluding diaryl/α,β-unsaturated/α-hetero) is 1. The Morgan fingerprint density at radius 3 is 2.20 bits per heavy atom. The van der Waals surface area contributed by atoms with Crippen molar-refractivity contribution in [3.63, 3.8) is 0 Å². The first-order valence-corrected chi connectivity index (χ1v) is 7.66. The van der Waals surface area contributed by atoms with E-state index in [9.17, 15) is 9.59 Å². The number of hydrogen-bond donors (Lipinski definition) is 0. The summed E-state index contributed by atoms with van der Waals surface area (Å²) in [6, 6.07) is 0.271. The molecular weight excluding hydrogens is 254 g/mol. The zero-order chi connectivity index (χ0) is 15.8. The lowest BCUT2D eigenvalue weighted by Gasteiger charge is -2.25. The van der Waals surface area contributed by atoms with Crippen molar-refractivity contribution in [3.05, 3.63) is 0 Å². The second-order valence-electron chi connectivity index (χ2n) is 6.00. The van der Waals surface area contributed by atoms with Crippen LogP contribution in [-0.4, -0.2) is 41.4 Å². The van der Waals surface area contributed by atoms with Gasteiger partial charge in [0, 0.05) is 25.6 Å². The maximum Gasteiger partial charge on any atom is 0.222 e. The standard InChI is InChI=1S/C16H31NO3/c1-7-17(13(2)3)15(19)11-9-8-10-12-20-16(5,6)14(4)18/h13H,7-12H2,1-6H3. The Labute approximate surface area is 123 Å².